The smallest absolute Gasteiger partial charge is 0.155 e. The monoisotopic (exact) mass is 689 g/mol. The number of aromatic nitrogens is 1. The third-order valence-electron chi connectivity index (χ3n) is 6.75. The number of aliphatic hydroxyl groups excluding tert-OH is 1. The van der Waals surface area contributed by atoms with Gasteiger partial charge >= 0.3 is 0 Å². The molecule has 1 radical (unpaired) electrons. The van der Waals surface area contributed by atoms with E-state index in [1.807, 2.05) is 6.20 Å². The van der Waals surface area contributed by atoms with Gasteiger partial charge in [0.1, 0.15) is 0 Å². The summed E-state index contributed by atoms with van der Waals surface area (Å²) in [5.74, 6) is 0.458. The Labute approximate surface area is 242 Å². The number of carbonyl (C=O) groups excluding carboxylic acids is 1. The van der Waals surface area contributed by atoms with Crippen molar-refractivity contribution in [1.82, 2.24) is 4.98 Å². The molecule has 0 fully saturated rings. The van der Waals surface area contributed by atoms with E-state index in [0.717, 1.165) is 16.6 Å². The van der Waals surface area contributed by atoms with E-state index < -0.39 is 0 Å². The molecule has 197 valence electrons. The maximum absolute atomic E-state index is 10.0. The maximum Gasteiger partial charge on any atom is 0.155 e. The third-order valence-corrected chi connectivity index (χ3v) is 6.75. The van der Waals surface area contributed by atoms with Crippen LogP contribution in [0.4, 0.5) is 0 Å². The molecule has 0 spiro atoms. The van der Waals surface area contributed by atoms with Crippen LogP contribution in [0.5, 0.6) is 0 Å². The van der Waals surface area contributed by atoms with Crippen LogP contribution in [0.3, 0.4) is 0 Å². The number of ketones is 1. The Kier molecular flexibility index (Phi) is 8.60. The van der Waals surface area contributed by atoms with E-state index in [-0.39, 0.29) is 31.6 Å². The molecule has 1 aromatic heterocycles. The Balaban J connectivity index is 0.000000394. The predicted octanol–water partition coefficient (Wildman–Crippen LogP) is 9.32. The average molecular weight is 689 g/mol. The van der Waals surface area contributed by atoms with Gasteiger partial charge in [-0.2, -0.15) is 0 Å². The zero-order chi connectivity index (χ0) is 26.8. The molecule has 6 rings (SSSR count). The number of nitrogens with zero attached hydrogens (tertiary/aromatic N) is 1. The Bertz CT molecular complexity index is 1850. The van der Waals surface area contributed by atoms with Crippen molar-refractivity contribution < 1.29 is 30.0 Å². The minimum Gasteiger partial charge on any atom is -0.512 e. The molecule has 0 aliphatic carbocycles. The van der Waals surface area contributed by atoms with Crippen LogP contribution in [0.25, 0.3) is 54.3 Å². The summed E-state index contributed by atoms with van der Waals surface area (Å²) in [6, 6.07) is 34.2. The normalized spacial score (nSPS) is 11.5. The van der Waals surface area contributed by atoms with E-state index >= 15 is 0 Å². The van der Waals surface area contributed by atoms with E-state index in [9.17, 15) is 4.79 Å². The van der Waals surface area contributed by atoms with Gasteiger partial charge in [0.05, 0.1) is 5.76 Å². The number of carbonyl (C=O) groups is 1. The number of fused-ring (bicyclic) bond motifs is 6. The average Bonchev–Trinajstić information content (AvgIpc) is 2.91. The molecule has 0 bridgehead atoms. The minimum atomic E-state index is -0.125. The third kappa shape index (κ3) is 5.93. The summed E-state index contributed by atoms with van der Waals surface area (Å²) in [7, 11) is 0. The largest absolute Gasteiger partial charge is 0.512 e. The Morgan fingerprint density at radius 3 is 2.13 bits per heavy atom. The van der Waals surface area contributed by atoms with E-state index in [0.29, 0.717) is 5.92 Å². The standard InChI is InChI=1S/C30H22N.C5H8O2.Ir/c1-19(2)20-13-14-25-22(15-20)11-12-23-18-31-30(17-28(23)25)29-16-21-7-3-4-8-24(21)26-9-5-6-10-27(26)29;1-4(6)3-5(2)7;/h3-15,17-19H,1-2H3;3,6H,1-2H3;/q-1;;/b;4-3-;. The zero-order valence-corrected chi connectivity index (χ0v) is 24.8. The van der Waals surface area contributed by atoms with Gasteiger partial charge < -0.3 is 5.11 Å². The SMILES string of the molecule is CC(=O)/C=C(/C)O.CC(C)c1ccc2c(ccc3cnc(-c4[c-]c5ccccc5c5ccccc45)cc32)c1.[Ir]. The quantitative estimate of drug-likeness (QED) is 0.0873. The Hall–Kier alpha value is -3.85. The fourth-order valence-corrected chi connectivity index (χ4v) is 4.93. The molecular formula is C35H30IrNO2-. The van der Waals surface area contributed by atoms with Crippen molar-refractivity contribution >= 4 is 48.9 Å². The number of allylic oxidation sites excluding steroid dienone is 2. The van der Waals surface area contributed by atoms with Crippen molar-refractivity contribution in [3.05, 3.63) is 115 Å². The summed E-state index contributed by atoms with van der Waals surface area (Å²) >= 11 is 0. The van der Waals surface area contributed by atoms with Gasteiger partial charge in [-0.1, -0.05) is 114 Å². The van der Waals surface area contributed by atoms with Crippen LogP contribution >= 0.6 is 0 Å². The molecule has 5 aromatic carbocycles. The Morgan fingerprint density at radius 1 is 0.795 bits per heavy atom. The van der Waals surface area contributed by atoms with Crippen molar-refractivity contribution in [1.29, 1.82) is 0 Å². The topological polar surface area (TPSA) is 50.2 Å². The number of pyridine rings is 1. The summed E-state index contributed by atoms with van der Waals surface area (Å²) in [5.41, 5.74) is 3.40. The first-order valence-electron chi connectivity index (χ1n) is 12.8. The van der Waals surface area contributed by atoms with Gasteiger partial charge in [0.15, 0.2) is 5.78 Å². The van der Waals surface area contributed by atoms with E-state index in [2.05, 4.69) is 105 Å². The molecule has 6 aromatic rings. The molecule has 0 saturated carbocycles. The van der Waals surface area contributed by atoms with Crippen LogP contribution in [-0.4, -0.2) is 15.9 Å². The Morgan fingerprint density at radius 2 is 1.46 bits per heavy atom. The maximum atomic E-state index is 10.0. The molecule has 0 aliphatic rings. The minimum absolute atomic E-state index is 0. The van der Waals surface area contributed by atoms with Crippen LogP contribution in [0, 0.1) is 6.07 Å². The number of rotatable bonds is 3. The number of benzene rings is 5. The summed E-state index contributed by atoms with van der Waals surface area (Å²) in [6.07, 6.45) is 3.16. The van der Waals surface area contributed by atoms with E-state index in [1.165, 1.54) is 63.2 Å². The number of aliphatic hydroxyl groups is 1. The van der Waals surface area contributed by atoms with Crippen LogP contribution in [0.1, 0.15) is 39.2 Å². The van der Waals surface area contributed by atoms with Crippen molar-refractivity contribution in [2.75, 3.05) is 0 Å². The van der Waals surface area contributed by atoms with E-state index in [1.54, 1.807) is 0 Å². The fourth-order valence-electron chi connectivity index (χ4n) is 4.93. The second-order valence-electron chi connectivity index (χ2n) is 9.98. The molecule has 0 aliphatic heterocycles. The second-order valence-corrected chi connectivity index (χ2v) is 9.98. The molecule has 1 N–H and O–H groups in total. The van der Waals surface area contributed by atoms with Gasteiger partial charge in [-0.05, 0) is 46.9 Å². The number of hydrogen-bond donors (Lipinski definition) is 1. The van der Waals surface area contributed by atoms with Gasteiger partial charge in [-0.15, -0.1) is 17.5 Å². The summed E-state index contributed by atoms with van der Waals surface area (Å²) < 4.78 is 0. The van der Waals surface area contributed by atoms with E-state index in [4.69, 9.17) is 10.1 Å². The fraction of sp³-hybridized carbons (Fsp3) is 0.143. The van der Waals surface area contributed by atoms with Crippen LogP contribution in [0.15, 0.2) is 103 Å². The van der Waals surface area contributed by atoms with Crippen molar-refractivity contribution in [2.45, 2.75) is 33.6 Å². The van der Waals surface area contributed by atoms with Gasteiger partial charge in [0, 0.05) is 38.1 Å². The van der Waals surface area contributed by atoms with Crippen LogP contribution < -0.4 is 0 Å². The first kappa shape index (κ1) is 28.2. The van der Waals surface area contributed by atoms with Crippen molar-refractivity contribution in [3.63, 3.8) is 0 Å². The first-order valence-corrected chi connectivity index (χ1v) is 12.8. The second kappa shape index (κ2) is 11.9. The van der Waals surface area contributed by atoms with Crippen molar-refractivity contribution in [2.24, 2.45) is 0 Å². The molecule has 0 amide bonds. The summed E-state index contributed by atoms with van der Waals surface area (Å²) in [4.78, 5) is 14.9. The van der Waals surface area contributed by atoms with Crippen LogP contribution in [-0.2, 0) is 24.9 Å². The van der Waals surface area contributed by atoms with Gasteiger partial charge in [0.2, 0.25) is 0 Å². The summed E-state index contributed by atoms with van der Waals surface area (Å²) in [5, 5.41) is 18.1. The van der Waals surface area contributed by atoms with Gasteiger partial charge in [-0.3, -0.25) is 9.78 Å². The molecule has 0 unspecified atom stereocenters. The first-order chi connectivity index (χ1) is 18.3. The molecular weight excluding hydrogens is 659 g/mol. The molecule has 0 atom stereocenters. The van der Waals surface area contributed by atoms with Crippen molar-refractivity contribution in [3.8, 4) is 11.3 Å². The van der Waals surface area contributed by atoms with Gasteiger partial charge in [-0.25, -0.2) is 0 Å². The molecule has 1 heterocycles. The van der Waals surface area contributed by atoms with Crippen LogP contribution in [0.2, 0.25) is 0 Å². The predicted molar refractivity (Wildman–Crippen MR) is 160 cm³/mol. The summed E-state index contributed by atoms with van der Waals surface area (Å²) in [6.45, 7) is 7.33. The van der Waals surface area contributed by atoms with Gasteiger partial charge in [0.25, 0.3) is 0 Å². The number of hydrogen-bond acceptors (Lipinski definition) is 3. The zero-order valence-electron chi connectivity index (χ0n) is 22.5. The molecule has 0 saturated heterocycles. The molecule has 4 heteroatoms. The molecule has 39 heavy (non-hydrogen) atoms. The molecule has 3 nitrogen and oxygen atoms in total.